The Morgan fingerprint density at radius 1 is 1.18 bits per heavy atom. The molecule has 2 aliphatic rings. The van der Waals surface area contributed by atoms with E-state index in [-0.39, 0.29) is 22.5 Å². The number of likely N-dealkylation sites (tertiary alicyclic amines) is 1. The largest absolute Gasteiger partial charge is 0.355 e. The minimum absolute atomic E-state index is 0.0937. The van der Waals surface area contributed by atoms with Crippen LogP contribution in [0.15, 0.2) is 57.8 Å². The Morgan fingerprint density at radius 3 is 2.71 bits per heavy atom. The molecule has 0 saturated carbocycles. The molecule has 1 N–H and O–H groups in total. The molecule has 1 unspecified atom stereocenters. The highest BCUT2D eigenvalue weighted by Gasteiger charge is 2.35. The minimum atomic E-state index is -3.68. The van der Waals surface area contributed by atoms with Gasteiger partial charge in [-0.3, -0.25) is 4.79 Å². The average Bonchev–Trinajstić information content (AvgIpc) is 2.99. The number of hydrogen-bond donors (Lipinski definition) is 1. The number of piperidine rings is 1. The Balaban J connectivity index is 1.45. The van der Waals surface area contributed by atoms with Crippen LogP contribution in [0.5, 0.6) is 0 Å². The lowest BCUT2D eigenvalue weighted by Gasteiger charge is -2.33. The third-order valence-electron chi connectivity index (χ3n) is 5.08. The van der Waals surface area contributed by atoms with Crippen LogP contribution < -0.4 is 5.32 Å². The summed E-state index contributed by atoms with van der Waals surface area (Å²) in [6, 6.07) is 12.8. The maximum Gasteiger partial charge on any atom is 0.285 e. The van der Waals surface area contributed by atoms with Gasteiger partial charge in [-0.15, -0.1) is 4.40 Å². The van der Waals surface area contributed by atoms with Crippen molar-refractivity contribution in [2.24, 2.45) is 10.3 Å². The van der Waals surface area contributed by atoms with Gasteiger partial charge in [0.05, 0.1) is 5.92 Å². The van der Waals surface area contributed by atoms with Crippen molar-refractivity contribution < 1.29 is 17.6 Å². The minimum Gasteiger partial charge on any atom is -0.355 e. The summed E-state index contributed by atoms with van der Waals surface area (Å²) >= 11 is 0. The molecule has 1 amide bonds. The number of fused-ring (bicyclic) bond motifs is 1. The van der Waals surface area contributed by atoms with Gasteiger partial charge in [0.15, 0.2) is 5.84 Å². The van der Waals surface area contributed by atoms with Gasteiger partial charge in [-0.2, -0.15) is 8.42 Å². The van der Waals surface area contributed by atoms with Crippen molar-refractivity contribution in [3.05, 3.63) is 65.5 Å². The fourth-order valence-corrected chi connectivity index (χ4v) is 4.86. The fraction of sp³-hybridized carbons (Fsp3) is 0.300. The van der Waals surface area contributed by atoms with Crippen molar-refractivity contribution in [3.8, 4) is 0 Å². The van der Waals surface area contributed by atoms with Crippen molar-refractivity contribution >= 4 is 21.8 Å². The van der Waals surface area contributed by atoms with Gasteiger partial charge in [0.1, 0.15) is 10.7 Å². The molecule has 1 saturated heterocycles. The van der Waals surface area contributed by atoms with E-state index in [1.807, 2.05) is 4.90 Å². The van der Waals surface area contributed by atoms with E-state index in [2.05, 4.69) is 9.71 Å². The van der Waals surface area contributed by atoms with E-state index in [1.165, 1.54) is 12.1 Å². The number of nitrogens with zero attached hydrogens (tertiary/aromatic N) is 2. The van der Waals surface area contributed by atoms with Crippen LogP contribution in [-0.4, -0.2) is 38.2 Å². The average molecular weight is 401 g/mol. The van der Waals surface area contributed by atoms with E-state index in [4.69, 9.17) is 0 Å². The Bertz CT molecular complexity index is 1030. The number of sulfonamides is 1. The van der Waals surface area contributed by atoms with E-state index in [9.17, 15) is 17.6 Å². The predicted octanol–water partition coefficient (Wildman–Crippen LogP) is 2.30. The van der Waals surface area contributed by atoms with Gasteiger partial charge >= 0.3 is 0 Å². The Labute approximate surface area is 163 Å². The molecule has 2 aromatic rings. The molecular formula is C20H20FN3O3S. The summed E-state index contributed by atoms with van der Waals surface area (Å²) in [7, 11) is -3.68. The van der Waals surface area contributed by atoms with Gasteiger partial charge in [-0.1, -0.05) is 24.3 Å². The Kier molecular flexibility index (Phi) is 4.89. The van der Waals surface area contributed by atoms with Crippen LogP contribution in [-0.2, 0) is 21.4 Å². The third kappa shape index (κ3) is 3.64. The molecule has 0 spiro atoms. The Morgan fingerprint density at radius 2 is 1.93 bits per heavy atom. The number of carbonyl (C=O) groups is 1. The van der Waals surface area contributed by atoms with Crippen LogP contribution in [0.3, 0.4) is 0 Å². The normalized spacial score (nSPS) is 20.4. The van der Waals surface area contributed by atoms with Crippen LogP contribution in [0.4, 0.5) is 4.39 Å². The monoisotopic (exact) mass is 401 g/mol. The second kappa shape index (κ2) is 7.35. The quantitative estimate of drug-likeness (QED) is 0.856. The van der Waals surface area contributed by atoms with E-state index < -0.39 is 10.0 Å². The maximum atomic E-state index is 13.0. The number of nitrogens with one attached hydrogen (secondary N) is 1. The first kappa shape index (κ1) is 18.6. The first-order valence-corrected chi connectivity index (χ1v) is 10.6. The van der Waals surface area contributed by atoms with Crippen LogP contribution in [0, 0.1) is 11.7 Å². The number of hydrogen-bond acceptors (Lipinski definition) is 4. The number of benzene rings is 2. The number of carbonyl (C=O) groups excluding carboxylic acids is 1. The van der Waals surface area contributed by atoms with E-state index >= 15 is 0 Å². The van der Waals surface area contributed by atoms with Gasteiger partial charge in [0.25, 0.3) is 10.0 Å². The van der Waals surface area contributed by atoms with E-state index in [0.717, 1.165) is 18.4 Å². The topological polar surface area (TPSA) is 78.8 Å². The molecule has 1 fully saturated rings. The molecule has 2 heterocycles. The zero-order valence-corrected chi connectivity index (χ0v) is 16.0. The molecule has 4 rings (SSSR count). The second-order valence-electron chi connectivity index (χ2n) is 7.02. The highest BCUT2D eigenvalue weighted by Crippen LogP contribution is 2.29. The van der Waals surface area contributed by atoms with E-state index in [1.54, 1.807) is 36.4 Å². The zero-order valence-electron chi connectivity index (χ0n) is 15.1. The van der Waals surface area contributed by atoms with Gasteiger partial charge in [0, 0.05) is 25.2 Å². The van der Waals surface area contributed by atoms with Crippen LogP contribution in [0.2, 0.25) is 0 Å². The molecule has 0 bridgehead atoms. The number of rotatable bonds is 3. The smallest absolute Gasteiger partial charge is 0.285 e. The molecule has 1 atom stereocenters. The molecule has 28 heavy (non-hydrogen) atoms. The predicted molar refractivity (Wildman–Crippen MR) is 103 cm³/mol. The first-order valence-electron chi connectivity index (χ1n) is 9.15. The van der Waals surface area contributed by atoms with Gasteiger partial charge in [-0.25, -0.2) is 4.39 Å². The zero-order chi connectivity index (χ0) is 19.7. The highest BCUT2D eigenvalue weighted by atomic mass is 32.2. The van der Waals surface area contributed by atoms with Crippen molar-refractivity contribution in [1.82, 2.24) is 10.2 Å². The van der Waals surface area contributed by atoms with Crippen LogP contribution >= 0.6 is 0 Å². The van der Waals surface area contributed by atoms with Crippen LogP contribution in [0.1, 0.15) is 24.0 Å². The molecule has 0 aliphatic carbocycles. The van der Waals surface area contributed by atoms with Crippen molar-refractivity contribution in [2.45, 2.75) is 24.3 Å². The number of amidine groups is 1. The number of halogens is 1. The molecule has 6 nitrogen and oxygen atoms in total. The lowest BCUT2D eigenvalue weighted by Crippen LogP contribution is -2.45. The molecule has 0 aromatic heterocycles. The highest BCUT2D eigenvalue weighted by molar-refractivity contribution is 7.90. The van der Waals surface area contributed by atoms with Gasteiger partial charge in [-0.05, 0) is 42.7 Å². The SMILES string of the molecule is O=C(NCc1ccc(F)cc1)C1CCCN(C2=NS(=O)(=O)c3ccccc32)C1. The summed E-state index contributed by atoms with van der Waals surface area (Å²) in [6.07, 6.45) is 1.50. The summed E-state index contributed by atoms with van der Waals surface area (Å²) in [5.74, 6) is -0.242. The summed E-state index contributed by atoms with van der Waals surface area (Å²) in [4.78, 5) is 14.7. The van der Waals surface area contributed by atoms with Crippen molar-refractivity contribution in [2.75, 3.05) is 13.1 Å². The molecule has 0 radical (unpaired) electrons. The van der Waals surface area contributed by atoms with Gasteiger partial charge in [0.2, 0.25) is 5.91 Å². The molecule has 8 heteroatoms. The maximum absolute atomic E-state index is 13.0. The third-order valence-corrected chi connectivity index (χ3v) is 6.41. The summed E-state index contributed by atoms with van der Waals surface area (Å²) < 4.78 is 41.5. The van der Waals surface area contributed by atoms with Crippen LogP contribution in [0.25, 0.3) is 0 Å². The van der Waals surface area contributed by atoms with Gasteiger partial charge < -0.3 is 10.2 Å². The second-order valence-corrected chi connectivity index (χ2v) is 8.59. The molecule has 2 aliphatic heterocycles. The summed E-state index contributed by atoms with van der Waals surface area (Å²) in [6.45, 7) is 1.40. The lowest BCUT2D eigenvalue weighted by molar-refractivity contribution is -0.126. The van der Waals surface area contributed by atoms with E-state index in [0.29, 0.717) is 31.0 Å². The number of amides is 1. The molecule has 2 aromatic carbocycles. The lowest BCUT2D eigenvalue weighted by atomic mass is 9.96. The fourth-order valence-electron chi connectivity index (χ4n) is 3.64. The standard InChI is InChI=1S/C20H20FN3O3S/c21-16-9-7-14(8-10-16)12-22-20(25)15-4-3-11-24(13-15)19-17-5-1-2-6-18(17)28(26,27)23-19/h1-2,5-10,15H,3-4,11-13H2,(H,22,25). The molecular weight excluding hydrogens is 381 g/mol. The van der Waals surface area contributed by atoms with Crippen molar-refractivity contribution in [3.63, 3.8) is 0 Å². The first-order chi connectivity index (χ1) is 13.4. The Hall–Kier alpha value is -2.74. The van der Waals surface area contributed by atoms with Crippen molar-refractivity contribution in [1.29, 1.82) is 0 Å². The summed E-state index contributed by atoms with van der Waals surface area (Å²) in [5, 5.41) is 2.89. The summed E-state index contributed by atoms with van der Waals surface area (Å²) in [5.41, 5.74) is 1.41. The molecule has 146 valence electrons.